The highest BCUT2D eigenvalue weighted by Crippen LogP contribution is 2.41. The molecule has 1 aromatic rings. The van der Waals surface area contributed by atoms with Crippen molar-refractivity contribution in [2.24, 2.45) is 11.8 Å². The summed E-state index contributed by atoms with van der Waals surface area (Å²) in [6.45, 7) is 16.2. The summed E-state index contributed by atoms with van der Waals surface area (Å²) in [7, 11) is 0.970. The number of carbonyl (C=O) groups excluding carboxylic acids is 1. The lowest BCUT2D eigenvalue weighted by molar-refractivity contribution is -0.148. The highest BCUT2D eigenvalue weighted by Gasteiger charge is 2.45. The first kappa shape index (κ1) is 27.6. The Labute approximate surface area is 200 Å². The van der Waals surface area contributed by atoms with Gasteiger partial charge in [-0.05, 0) is 29.8 Å². The molecule has 186 valence electrons. The van der Waals surface area contributed by atoms with Gasteiger partial charge in [-0.15, -0.1) is 0 Å². The first-order valence-corrected chi connectivity index (χ1v) is 14.6. The zero-order valence-electron chi connectivity index (χ0n) is 21.7. The van der Waals surface area contributed by atoms with E-state index in [2.05, 4.69) is 47.7 Å². The molecule has 0 fully saturated rings. The van der Waals surface area contributed by atoms with Crippen LogP contribution < -0.4 is 0 Å². The van der Waals surface area contributed by atoms with Crippen LogP contribution in [0, 0.1) is 11.8 Å². The van der Waals surface area contributed by atoms with Gasteiger partial charge in [0.2, 0.25) is 5.76 Å². The Bertz CT molecular complexity index is 786. The van der Waals surface area contributed by atoms with Gasteiger partial charge in [0.1, 0.15) is 6.10 Å². The molecule has 0 radical (unpaired) electrons. The Hall–Kier alpha value is -1.67. The highest BCUT2D eigenvalue weighted by molar-refractivity contribution is 6.74. The molecule has 0 spiro atoms. The van der Waals surface area contributed by atoms with E-state index in [1.807, 2.05) is 30.3 Å². The SMILES string of the molecule is COC(=O)C1=C[C@H](O[Si](C)(C)C(C)(C)C)[C@@H](C)[C@H]([C@H](C)[C@@H](COCc2ccccc2)OC)O1. The van der Waals surface area contributed by atoms with Crippen LogP contribution in [0.2, 0.25) is 18.1 Å². The van der Waals surface area contributed by atoms with Crippen LogP contribution in [0.25, 0.3) is 0 Å². The van der Waals surface area contributed by atoms with Crippen LogP contribution in [0.4, 0.5) is 0 Å². The summed E-state index contributed by atoms with van der Waals surface area (Å²) in [5.74, 6) is -0.303. The van der Waals surface area contributed by atoms with E-state index < -0.39 is 14.3 Å². The minimum Gasteiger partial charge on any atom is -0.483 e. The first-order valence-electron chi connectivity index (χ1n) is 11.7. The molecule has 0 amide bonds. The maximum absolute atomic E-state index is 12.4. The molecular weight excluding hydrogens is 436 g/mol. The molecule has 6 nitrogen and oxygen atoms in total. The summed E-state index contributed by atoms with van der Waals surface area (Å²) in [5, 5.41) is 0.0474. The summed E-state index contributed by atoms with van der Waals surface area (Å²) in [5.41, 5.74) is 1.11. The van der Waals surface area contributed by atoms with E-state index in [1.54, 1.807) is 13.2 Å². The van der Waals surface area contributed by atoms with Crippen molar-refractivity contribution in [3.05, 3.63) is 47.7 Å². The Morgan fingerprint density at radius 1 is 1.15 bits per heavy atom. The molecule has 1 aromatic carbocycles. The molecule has 33 heavy (non-hydrogen) atoms. The molecule has 0 aliphatic carbocycles. The van der Waals surface area contributed by atoms with E-state index in [9.17, 15) is 4.79 Å². The molecule has 7 heteroatoms. The van der Waals surface area contributed by atoms with Crippen molar-refractivity contribution in [3.8, 4) is 0 Å². The first-order chi connectivity index (χ1) is 15.4. The summed E-state index contributed by atoms with van der Waals surface area (Å²) < 4.78 is 29.6. The minimum atomic E-state index is -2.08. The number of hydrogen-bond acceptors (Lipinski definition) is 6. The van der Waals surface area contributed by atoms with Crippen LogP contribution in [0.15, 0.2) is 42.2 Å². The largest absolute Gasteiger partial charge is 0.483 e. The minimum absolute atomic E-state index is 0.0225. The third-order valence-electron chi connectivity index (χ3n) is 7.04. The molecule has 5 atom stereocenters. The van der Waals surface area contributed by atoms with E-state index in [1.165, 1.54) is 7.11 Å². The van der Waals surface area contributed by atoms with E-state index in [-0.39, 0.29) is 40.9 Å². The number of rotatable bonds is 10. The van der Waals surface area contributed by atoms with Crippen LogP contribution in [-0.2, 0) is 34.8 Å². The average molecular weight is 479 g/mol. The third kappa shape index (κ3) is 7.15. The third-order valence-corrected chi connectivity index (χ3v) is 11.5. The van der Waals surface area contributed by atoms with Gasteiger partial charge in [0.15, 0.2) is 8.32 Å². The Morgan fingerprint density at radius 3 is 2.33 bits per heavy atom. The molecule has 0 unspecified atom stereocenters. The van der Waals surface area contributed by atoms with Gasteiger partial charge < -0.3 is 23.4 Å². The Balaban J connectivity index is 2.18. The van der Waals surface area contributed by atoms with Crippen LogP contribution in [0.5, 0.6) is 0 Å². The van der Waals surface area contributed by atoms with E-state index >= 15 is 0 Å². The monoisotopic (exact) mass is 478 g/mol. The van der Waals surface area contributed by atoms with Gasteiger partial charge in [0, 0.05) is 18.9 Å². The molecular formula is C26H42O6Si. The van der Waals surface area contributed by atoms with Crippen LogP contribution in [0.1, 0.15) is 40.2 Å². The predicted molar refractivity (Wildman–Crippen MR) is 132 cm³/mol. The molecule has 1 heterocycles. The summed E-state index contributed by atoms with van der Waals surface area (Å²) in [6.07, 6.45) is 1.05. The zero-order valence-corrected chi connectivity index (χ0v) is 22.7. The fourth-order valence-corrected chi connectivity index (χ4v) is 5.07. The normalized spacial score (nSPS) is 23.3. The molecule has 0 saturated carbocycles. The van der Waals surface area contributed by atoms with Gasteiger partial charge >= 0.3 is 5.97 Å². The van der Waals surface area contributed by atoms with E-state index in [0.717, 1.165) is 5.56 Å². The molecule has 2 rings (SSSR count). The molecule has 1 aliphatic rings. The second kappa shape index (κ2) is 11.6. The van der Waals surface area contributed by atoms with Crippen LogP contribution >= 0.6 is 0 Å². The van der Waals surface area contributed by atoms with Gasteiger partial charge in [-0.1, -0.05) is 65.0 Å². The van der Waals surface area contributed by atoms with Gasteiger partial charge in [0.05, 0.1) is 32.5 Å². The fourth-order valence-electron chi connectivity index (χ4n) is 3.76. The second-order valence-corrected chi connectivity index (χ2v) is 15.2. The van der Waals surface area contributed by atoms with Crippen molar-refractivity contribution >= 4 is 14.3 Å². The number of esters is 1. The standard InChI is InChI=1S/C26H42O6Si/c1-18-21(32-33(8,9)26(3,4)5)15-22(25(27)29-7)31-24(18)19(2)23(28-6)17-30-16-20-13-11-10-12-14-20/h10-15,18-19,21,23-24H,16-17H2,1-9H3/t18-,19-,21+,23-,24-/m1/s1. The number of methoxy groups -OCH3 is 2. The van der Waals surface area contributed by atoms with E-state index in [4.69, 9.17) is 23.4 Å². The lowest BCUT2D eigenvalue weighted by Gasteiger charge is -2.45. The fraction of sp³-hybridized carbons (Fsp3) is 0.654. The van der Waals surface area contributed by atoms with Crippen LogP contribution in [0.3, 0.4) is 0 Å². The second-order valence-electron chi connectivity index (χ2n) is 10.4. The van der Waals surface area contributed by atoms with Crippen molar-refractivity contribution < 1.29 is 28.2 Å². The van der Waals surface area contributed by atoms with Gasteiger partial charge in [-0.25, -0.2) is 4.79 Å². The molecule has 0 aromatic heterocycles. The summed E-state index contributed by atoms with van der Waals surface area (Å²) >= 11 is 0. The van der Waals surface area contributed by atoms with Crippen molar-refractivity contribution in [2.45, 2.75) is 77.7 Å². The quantitative estimate of drug-likeness (QED) is 0.334. The summed E-state index contributed by atoms with van der Waals surface area (Å²) in [6, 6.07) is 10.0. The lowest BCUT2D eigenvalue weighted by Crippen LogP contribution is -2.51. The van der Waals surface area contributed by atoms with Gasteiger partial charge in [0.25, 0.3) is 0 Å². The van der Waals surface area contributed by atoms with Crippen molar-refractivity contribution in [2.75, 3.05) is 20.8 Å². The van der Waals surface area contributed by atoms with Gasteiger partial charge in [-0.3, -0.25) is 0 Å². The molecule has 0 bridgehead atoms. The number of hydrogen-bond donors (Lipinski definition) is 0. The van der Waals surface area contributed by atoms with E-state index in [0.29, 0.717) is 13.2 Å². The molecule has 1 aliphatic heterocycles. The number of benzene rings is 1. The lowest BCUT2D eigenvalue weighted by atomic mass is 9.84. The van der Waals surface area contributed by atoms with Crippen molar-refractivity contribution in [1.82, 2.24) is 0 Å². The molecule has 0 N–H and O–H groups in total. The number of carbonyl (C=O) groups is 1. The highest BCUT2D eigenvalue weighted by atomic mass is 28.4. The predicted octanol–water partition coefficient (Wildman–Crippen LogP) is 5.34. The van der Waals surface area contributed by atoms with Crippen molar-refractivity contribution in [1.29, 1.82) is 0 Å². The zero-order chi connectivity index (χ0) is 24.8. The Kier molecular flexibility index (Phi) is 9.73. The Morgan fingerprint density at radius 2 is 1.79 bits per heavy atom. The molecule has 0 saturated heterocycles. The maximum Gasteiger partial charge on any atom is 0.373 e. The summed E-state index contributed by atoms with van der Waals surface area (Å²) in [4.78, 5) is 12.4. The average Bonchev–Trinajstić information content (AvgIpc) is 2.77. The topological polar surface area (TPSA) is 63.2 Å². The maximum atomic E-state index is 12.4. The van der Waals surface area contributed by atoms with Gasteiger partial charge in [-0.2, -0.15) is 0 Å². The smallest absolute Gasteiger partial charge is 0.373 e. The van der Waals surface area contributed by atoms with Crippen LogP contribution in [-0.4, -0.2) is 53.4 Å². The van der Waals surface area contributed by atoms with Crippen molar-refractivity contribution in [3.63, 3.8) is 0 Å². The number of ether oxygens (including phenoxy) is 4.